The summed E-state index contributed by atoms with van der Waals surface area (Å²) in [6.07, 6.45) is 8.57. The van der Waals surface area contributed by atoms with Crippen molar-refractivity contribution in [1.82, 2.24) is 24.5 Å². The number of likely N-dealkylation sites (tertiary alicyclic amines) is 1. The molecule has 2 fully saturated rings. The molecule has 0 bridgehead atoms. The molecule has 122 valence electrons. The molecule has 1 aliphatic carbocycles. The van der Waals surface area contributed by atoms with Crippen LogP contribution in [0.4, 0.5) is 0 Å². The van der Waals surface area contributed by atoms with Gasteiger partial charge in [-0.2, -0.15) is 10.2 Å². The summed E-state index contributed by atoms with van der Waals surface area (Å²) in [7, 11) is 0. The highest BCUT2D eigenvalue weighted by Crippen LogP contribution is 2.38. The van der Waals surface area contributed by atoms with Crippen LogP contribution in [-0.4, -0.2) is 43.6 Å². The lowest BCUT2D eigenvalue weighted by molar-refractivity contribution is 0.213. The van der Waals surface area contributed by atoms with Crippen molar-refractivity contribution >= 4 is 0 Å². The monoisotopic (exact) mass is 313 g/mol. The van der Waals surface area contributed by atoms with Crippen LogP contribution in [0, 0.1) is 0 Å². The van der Waals surface area contributed by atoms with Crippen LogP contribution in [0.25, 0.3) is 0 Å². The summed E-state index contributed by atoms with van der Waals surface area (Å²) in [6.45, 7) is 3.68. The molecule has 0 amide bonds. The second-order valence-electron chi connectivity index (χ2n) is 6.65. The number of hydrogen-bond acceptors (Lipinski definition) is 4. The van der Waals surface area contributed by atoms with Crippen molar-refractivity contribution in [1.29, 1.82) is 0 Å². The normalized spacial score (nSPS) is 21.8. The topological polar surface area (TPSA) is 56.0 Å². The van der Waals surface area contributed by atoms with E-state index in [-0.39, 0.29) is 5.56 Å². The van der Waals surface area contributed by atoms with Crippen LogP contribution in [0.1, 0.15) is 37.3 Å². The lowest BCUT2D eigenvalue weighted by Gasteiger charge is -2.24. The maximum Gasteiger partial charge on any atom is 0.266 e. The van der Waals surface area contributed by atoms with E-state index >= 15 is 0 Å². The third kappa shape index (κ3) is 3.37. The van der Waals surface area contributed by atoms with Gasteiger partial charge in [-0.05, 0) is 44.4 Å². The maximum atomic E-state index is 12.1. The molecule has 2 aromatic heterocycles. The fourth-order valence-corrected chi connectivity index (χ4v) is 3.45. The van der Waals surface area contributed by atoms with Gasteiger partial charge in [-0.15, -0.1) is 0 Å². The van der Waals surface area contributed by atoms with Crippen molar-refractivity contribution in [3.05, 3.63) is 46.6 Å². The van der Waals surface area contributed by atoms with E-state index in [1.165, 1.54) is 19.3 Å². The quantitative estimate of drug-likeness (QED) is 0.810. The molecule has 1 saturated heterocycles. The minimum atomic E-state index is 0.0216. The van der Waals surface area contributed by atoms with Crippen molar-refractivity contribution in [3.8, 4) is 0 Å². The van der Waals surface area contributed by atoms with Crippen LogP contribution in [0.2, 0.25) is 0 Å². The number of nitrogens with zero attached hydrogens (tertiary/aromatic N) is 5. The Kier molecular flexibility index (Phi) is 3.99. The summed E-state index contributed by atoms with van der Waals surface area (Å²) in [4.78, 5) is 14.6. The lowest BCUT2D eigenvalue weighted by atomic mass is 10.2. The first-order valence-electron chi connectivity index (χ1n) is 8.59. The van der Waals surface area contributed by atoms with Gasteiger partial charge in [0.2, 0.25) is 0 Å². The predicted octanol–water partition coefficient (Wildman–Crippen LogP) is 1.48. The first-order valence-corrected chi connectivity index (χ1v) is 8.59. The maximum absolute atomic E-state index is 12.1. The number of aromatic nitrogens is 4. The van der Waals surface area contributed by atoms with Gasteiger partial charge >= 0.3 is 0 Å². The van der Waals surface area contributed by atoms with Gasteiger partial charge in [0.1, 0.15) is 0 Å². The Hall–Kier alpha value is -1.95. The van der Waals surface area contributed by atoms with E-state index < -0.39 is 0 Å². The largest absolute Gasteiger partial charge is 0.297 e. The fraction of sp³-hybridized carbons (Fsp3) is 0.588. The Morgan fingerprint density at radius 2 is 2.09 bits per heavy atom. The smallest absolute Gasteiger partial charge is 0.266 e. The molecule has 1 aliphatic heterocycles. The summed E-state index contributed by atoms with van der Waals surface area (Å²) in [5.74, 6) is 0.585. The van der Waals surface area contributed by atoms with Crippen molar-refractivity contribution in [3.63, 3.8) is 0 Å². The summed E-state index contributed by atoms with van der Waals surface area (Å²) in [5.41, 5.74) is 1.11. The van der Waals surface area contributed by atoms with Crippen LogP contribution in [0.15, 0.2) is 35.4 Å². The SMILES string of the molecule is O=c1ccc(C2CC2)nn1CC1CCCN1CCn1cccn1. The van der Waals surface area contributed by atoms with E-state index in [9.17, 15) is 4.79 Å². The zero-order chi connectivity index (χ0) is 15.6. The highest BCUT2D eigenvalue weighted by molar-refractivity contribution is 5.12. The molecule has 1 atom stereocenters. The molecule has 3 heterocycles. The van der Waals surface area contributed by atoms with Gasteiger partial charge in [0.15, 0.2) is 0 Å². The highest BCUT2D eigenvalue weighted by Gasteiger charge is 2.28. The summed E-state index contributed by atoms with van der Waals surface area (Å²) in [6, 6.07) is 5.95. The molecule has 23 heavy (non-hydrogen) atoms. The number of hydrogen-bond donors (Lipinski definition) is 0. The third-order valence-electron chi connectivity index (χ3n) is 4.94. The van der Waals surface area contributed by atoms with Gasteiger partial charge in [0, 0.05) is 37.0 Å². The van der Waals surface area contributed by atoms with Gasteiger partial charge in [-0.25, -0.2) is 4.68 Å². The second-order valence-corrected chi connectivity index (χ2v) is 6.65. The Balaban J connectivity index is 1.42. The zero-order valence-corrected chi connectivity index (χ0v) is 13.3. The zero-order valence-electron chi connectivity index (χ0n) is 13.3. The average Bonchev–Trinajstić information content (AvgIpc) is 3.09. The predicted molar refractivity (Wildman–Crippen MR) is 87.3 cm³/mol. The first-order chi connectivity index (χ1) is 11.3. The van der Waals surface area contributed by atoms with Crippen molar-refractivity contribution < 1.29 is 0 Å². The van der Waals surface area contributed by atoms with Gasteiger partial charge < -0.3 is 0 Å². The summed E-state index contributed by atoms with van der Waals surface area (Å²) < 4.78 is 3.65. The van der Waals surface area contributed by atoms with E-state index in [1.807, 2.05) is 29.2 Å². The van der Waals surface area contributed by atoms with Crippen molar-refractivity contribution in [2.24, 2.45) is 0 Å². The van der Waals surface area contributed by atoms with E-state index in [1.54, 1.807) is 10.7 Å². The molecule has 0 spiro atoms. The van der Waals surface area contributed by atoms with Gasteiger partial charge in [0.25, 0.3) is 5.56 Å². The Bertz CT molecular complexity index is 704. The Morgan fingerprint density at radius 3 is 2.87 bits per heavy atom. The van der Waals surface area contributed by atoms with E-state index in [4.69, 9.17) is 0 Å². The highest BCUT2D eigenvalue weighted by atomic mass is 16.1. The minimum absolute atomic E-state index is 0.0216. The molecule has 6 heteroatoms. The van der Waals surface area contributed by atoms with Crippen molar-refractivity contribution in [2.75, 3.05) is 13.1 Å². The van der Waals surface area contributed by atoms with Gasteiger partial charge in [-0.1, -0.05) is 0 Å². The van der Waals surface area contributed by atoms with Crippen LogP contribution in [0.3, 0.4) is 0 Å². The van der Waals surface area contributed by atoms with Crippen molar-refractivity contribution in [2.45, 2.75) is 50.7 Å². The van der Waals surface area contributed by atoms with Gasteiger partial charge in [0.05, 0.1) is 18.8 Å². The second kappa shape index (κ2) is 6.28. The molecule has 2 aromatic rings. The van der Waals surface area contributed by atoms with Crippen LogP contribution in [-0.2, 0) is 13.1 Å². The molecule has 0 radical (unpaired) electrons. The Morgan fingerprint density at radius 1 is 1.17 bits per heavy atom. The van der Waals surface area contributed by atoms with E-state index in [2.05, 4.69) is 15.1 Å². The number of rotatable bonds is 6. The molecule has 2 aliphatic rings. The van der Waals surface area contributed by atoms with Crippen LogP contribution in [0.5, 0.6) is 0 Å². The molecule has 0 aromatic carbocycles. The molecule has 6 nitrogen and oxygen atoms in total. The van der Waals surface area contributed by atoms with Crippen LogP contribution < -0.4 is 5.56 Å². The minimum Gasteiger partial charge on any atom is -0.297 e. The third-order valence-corrected chi connectivity index (χ3v) is 4.94. The van der Waals surface area contributed by atoms with E-state index in [0.29, 0.717) is 18.5 Å². The lowest BCUT2D eigenvalue weighted by Crippen LogP contribution is -2.38. The molecule has 1 unspecified atom stereocenters. The summed E-state index contributed by atoms with van der Waals surface area (Å²) in [5, 5.41) is 8.86. The first kappa shape index (κ1) is 14.6. The molecular weight excluding hydrogens is 290 g/mol. The molecule has 4 rings (SSSR count). The Labute approximate surface area is 135 Å². The summed E-state index contributed by atoms with van der Waals surface area (Å²) >= 11 is 0. The molecular formula is C17H23N5O. The van der Waals surface area contributed by atoms with Gasteiger partial charge in [-0.3, -0.25) is 14.4 Å². The van der Waals surface area contributed by atoms with E-state index in [0.717, 1.165) is 31.7 Å². The van der Waals surface area contributed by atoms with Crippen LogP contribution >= 0.6 is 0 Å². The molecule has 0 N–H and O–H groups in total. The standard InChI is InChI=1S/C17H23N5O/c23-17-7-6-16(14-4-5-14)19-22(17)13-15-3-1-9-20(15)11-12-21-10-2-8-18-21/h2,6-8,10,14-15H,1,3-5,9,11-13H2. The fourth-order valence-electron chi connectivity index (χ4n) is 3.45. The average molecular weight is 313 g/mol. The molecule has 1 saturated carbocycles.